The Kier molecular flexibility index (Phi) is 5.54. The summed E-state index contributed by atoms with van der Waals surface area (Å²) in [7, 11) is 0. The van der Waals surface area contributed by atoms with Crippen LogP contribution in [0.25, 0.3) is 0 Å². The molecule has 1 aliphatic rings. The summed E-state index contributed by atoms with van der Waals surface area (Å²) in [5.74, 6) is 0. The summed E-state index contributed by atoms with van der Waals surface area (Å²) in [5.41, 5.74) is 0.936. The van der Waals surface area contributed by atoms with Crippen LogP contribution in [0.4, 0.5) is 0 Å². The zero-order valence-electron chi connectivity index (χ0n) is 11.4. The van der Waals surface area contributed by atoms with Crippen LogP contribution in [0.2, 0.25) is 5.02 Å². The SMILES string of the molecule is CSc1ccc(Cl)cc1C(O)C(C)N1CCNCC1. The molecule has 1 fully saturated rings. The van der Waals surface area contributed by atoms with Crippen molar-refractivity contribution >= 4 is 23.4 Å². The minimum Gasteiger partial charge on any atom is -0.387 e. The molecular formula is C14H21ClN2OS. The van der Waals surface area contributed by atoms with Crippen LogP contribution in [0.5, 0.6) is 0 Å². The van der Waals surface area contributed by atoms with Gasteiger partial charge in [0.1, 0.15) is 0 Å². The van der Waals surface area contributed by atoms with Gasteiger partial charge in [0, 0.05) is 42.1 Å². The Morgan fingerprint density at radius 3 is 2.68 bits per heavy atom. The van der Waals surface area contributed by atoms with Crippen LogP contribution in [-0.4, -0.2) is 48.5 Å². The van der Waals surface area contributed by atoms with E-state index >= 15 is 0 Å². The average molecular weight is 301 g/mol. The quantitative estimate of drug-likeness (QED) is 0.837. The second-order valence-electron chi connectivity index (χ2n) is 4.86. The number of halogens is 1. The number of aliphatic hydroxyl groups is 1. The largest absolute Gasteiger partial charge is 0.387 e. The predicted octanol–water partition coefficient (Wildman–Crippen LogP) is 2.39. The fourth-order valence-electron chi connectivity index (χ4n) is 2.49. The van der Waals surface area contributed by atoms with E-state index in [0.29, 0.717) is 5.02 Å². The van der Waals surface area contributed by atoms with E-state index < -0.39 is 6.10 Å². The summed E-state index contributed by atoms with van der Waals surface area (Å²) < 4.78 is 0. The molecule has 0 bridgehead atoms. The van der Waals surface area contributed by atoms with E-state index in [-0.39, 0.29) is 6.04 Å². The van der Waals surface area contributed by atoms with E-state index in [0.717, 1.165) is 36.6 Å². The van der Waals surface area contributed by atoms with Gasteiger partial charge in [-0.1, -0.05) is 11.6 Å². The van der Waals surface area contributed by atoms with E-state index in [1.807, 2.05) is 24.5 Å². The van der Waals surface area contributed by atoms with Gasteiger partial charge in [0.25, 0.3) is 0 Å². The Labute approximate surface area is 124 Å². The Morgan fingerprint density at radius 2 is 2.05 bits per heavy atom. The van der Waals surface area contributed by atoms with Gasteiger partial charge in [-0.2, -0.15) is 0 Å². The molecule has 2 N–H and O–H groups in total. The number of nitrogens with zero attached hydrogens (tertiary/aromatic N) is 1. The Balaban J connectivity index is 2.17. The van der Waals surface area contributed by atoms with Crippen LogP contribution in [0.1, 0.15) is 18.6 Å². The van der Waals surface area contributed by atoms with Crippen LogP contribution >= 0.6 is 23.4 Å². The molecule has 0 aliphatic carbocycles. The summed E-state index contributed by atoms with van der Waals surface area (Å²) in [6, 6.07) is 5.85. The molecule has 19 heavy (non-hydrogen) atoms. The van der Waals surface area contributed by atoms with Crippen molar-refractivity contribution < 1.29 is 5.11 Å². The summed E-state index contributed by atoms with van der Waals surface area (Å²) in [6.07, 6.45) is 1.52. The third-order valence-electron chi connectivity index (χ3n) is 3.69. The fourth-order valence-corrected chi connectivity index (χ4v) is 3.29. The minimum atomic E-state index is -0.501. The van der Waals surface area contributed by atoms with Gasteiger partial charge in [0.05, 0.1) is 6.10 Å². The Hall–Kier alpha value is -0.260. The van der Waals surface area contributed by atoms with Crippen LogP contribution < -0.4 is 5.32 Å². The second-order valence-corrected chi connectivity index (χ2v) is 6.14. The van der Waals surface area contributed by atoms with Gasteiger partial charge in [0.2, 0.25) is 0 Å². The lowest BCUT2D eigenvalue weighted by atomic mass is 10.0. The number of aliphatic hydroxyl groups excluding tert-OH is 1. The maximum absolute atomic E-state index is 10.6. The van der Waals surface area contributed by atoms with Gasteiger partial charge in [-0.15, -0.1) is 11.8 Å². The molecule has 5 heteroatoms. The van der Waals surface area contributed by atoms with Crippen molar-refractivity contribution in [1.82, 2.24) is 10.2 Å². The smallest absolute Gasteiger partial charge is 0.0953 e. The van der Waals surface area contributed by atoms with Crippen molar-refractivity contribution in [3.8, 4) is 0 Å². The van der Waals surface area contributed by atoms with Gasteiger partial charge < -0.3 is 10.4 Å². The molecule has 0 radical (unpaired) electrons. The monoisotopic (exact) mass is 300 g/mol. The number of benzene rings is 1. The highest BCUT2D eigenvalue weighted by molar-refractivity contribution is 7.98. The molecule has 0 saturated carbocycles. The van der Waals surface area contributed by atoms with Gasteiger partial charge in [-0.3, -0.25) is 4.90 Å². The number of piperazine rings is 1. The van der Waals surface area contributed by atoms with E-state index in [1.165, 1.54) is 0 Å². The third kappa shape index (κ3) is 3.64. The Morgan fingerprint density at radius 1 is 1.37 bits per heavy atom. The van der Waals surface area contributed by atoms with Gasteiger partial charge in [-0.05, 0) is 36.9 Å². The molecule has 2 atom stereocenters. The number of rotatable bonds is 4. The molecule has 1 aromatic carbocycles. The highest BCUT2D eigenvalue weighted by Gasteiger charge is 2.26. The highest BCUT2D eigenvalue weighted by Crippen LogP contribution is 2.31. The van der Waals surface area contributed by atoms with E-state index in [9.17, 15) is 5.11 Å². The molecule has 1 aromatic rings. The van der Waals surface area contributed by atoms with Crippen LogP contribution in [0.3, 0.4) is 0 Å². The molecule has 2 rings (SSSR count). The first-order chi connectivity index (χ1) is 9.13. The molecule has 1 heterocycles. The van der Waals surface area contributed by atoms with Crippen molar-refractivity contribution in [2.75, 3.05) is 32.4 Å². The minimum absolute atomic E-state index is 0.103. The van der Waals surface area contributed by atoms with Crippen LogP contribution in [-0.2, 0) is 0 Å². The van der Waals surface area contributed by atoms with Crippen molar-refractivity contribution in [3.05, 3.63) is 28.8 Å². The zero-order chi connectivity index (χ0) is 13.8. The van der Waals surface area contributed by atoms with E-state index in [2.05, 4.69) is 17.1 Å². The standard InChI is InChI=1S/C14H21ClN2OS/c1-10(17-7-5-16-6-8-17)14(18)12-9-11(15)3-4-13(12)19-2/h3-4,9-10,14,16,18H,5-8H2,1-2H3. The second kappa shape index (κ2) is 6.95. The summed E-state index contributed by atoms with van der Waals surface area (Å²) in [5, 5.41) is 14.7. The van der Waals surface area contributed by atoms with Crippen molar-refractivity contribution in [1.29, 1.82) is 0 Å². The first-order valence-corrected chi connectivity index (χ1v) is 8.20. The van der Waals surface area contributed by atoms with E-state index in [1.54, 1.807) is 11.8 Å². The van der Waals surface area contributed by atoms with Crippen LogP contribution in [0.15, 0.2) is 23.1 Å². The summed E-state index contributed by atoms with van der Waals surface area (Å²) in [4.78, 5) is 3.42. The number of hydrogen-bond donors (Lipinski definition) is 2. The van der Waals surface area contributed by atoms with Crippen molar-refractivity contribution in [2.45, 2.75) is 24.0 Å². The lowest BCUT2D eigenvalue weighted by Gasteiger charge is -2.35. The lowest BCUT2D eigenvalue weighted by molar-refractivity contribution is 0.0494. The predicted molar refractivity (Wildman–Crippen MR) is 82.1 cm³/mol. The molecule has 106 valence electrons. The van der Waals surface area contributed by atoms with Crippen molar-refractivity contribution in [3.63, 3.8) is 0 Å². The van der Waals surface area contributed by atoms with Gasteiger partial charge >= 0.3 is 0 Å². The molecular weight excluding hydrogens is 280 g/mol. The van der Waals surface area contributed by atoms with E-state index in [4.69, 9.17) is 11.6 Å². The molecule has 3 nitrogen and oxygen atoms in total. The topological polar surface area (TPSA) is 35.5 Å². The molecule has 2 unspecified atom stereocenters. The van der Waals surface area contributed by atoms with Gasteiger partial charge in [0.15, 0.2) is 0 Å². The number of nitrogens with one attached hydrogen (secondary N) is 1. The molecule has 0 spiro atoms. The van der Waals surface area contributed by atoms with Gasteiger partial charge in [-0.25, -0.2) is 0 Å². The third-order valence-corrected chi connectivity index (χ3v) is 4.74. The molecule has 0 amide bonds. The van der Waals surface area contributed by atoms with Crippen LogP contribution in [0, 0.1) is 0 Å². The zero-order valence-corrected chi connectivity index (χ0v) is 13.0. The first-order valence-electron chi connectivity index (χ1n) is 6.59. The highest BCUT2D eigenvalue weighted by atomic mass is 35.5. The first kappa shape index (κ1) is 15.1. The normalized spacial score (nSPS) is 20.2. The number of hydrogen-bond acceptors (Lipinski definition) is 4. The maximum Gasteiger partial charge on any atom is 0.0953 e. The fraction of sp³-hybridized carbons (Fsp3) is 0.571. The lowest BCUT2D eigenvalue weighted by Crippen LogP contribution is -2.49. The maximum atomic E-state index is 10.6. The van der Waals surface area contributed by atoms with Crippen molar-refractivity contribution in [2.24, 2.45) is 0 Å². The molecule has 1 aliphatic heterocycles. The Bertz CT molecular complexity index is 424. The summed E-state index contributed by atoms with van der Waals surface area (Å²) >= 11 is 7.71. The molecule has 0 aromatic heterocycles. The number of thioether (sulfide) groups is 1. The molecule has 1 saturated heterocycles. The summed E-state index contributed by atoms with van der Waals surface area (Å²) in [6.45, 7) is 6.02. The average Bonchev–Trinajstić information content (AvgIpc) is 2.46.